The van der Waals surface area contributed by atoms with Gasteiger partial charge in [0.1, 0.15) is 0 Å². The Morgan fingerprint density at radius 2 is 2.07 bits per heavy atom. The summed E-state index contributed by atoms with van der Waals surface area (Å²) in [6, 6.07) is 0. The average Bonchev–Trinajstić information content (AvgIpc) is 2.03. The molecule has 0 heterocycles. The molecule has 4 nitrogen and oxygen atoms in total. The van der Waals surface area contributed by atoms with Crippen molar-refractivity contribution < 1.29 is 9.90 Å². The third-order valence-electron chi connectivity index (χ3n) is 2.36. The highest BCUT2D eigenvalue weighted by atomic mass is 16.3. The van der Waals surface area contributed by atoms with Gasteiger partial charge in [0, 0.05) is 6.42 Å². The highest BCUT2D eigenvalue weighted by molar-refractivity contribution is 5.76. The monoisotopic (exact) mass is 202 g/mol. The van der Waals surface area contributed by atoms with Gasteiger partial charge in [-0.1, -0.05) is 0 Å². The fourth-order valence-electron chi connectivity index (χ4n) is 0.956. The molecule has 0 fully saturated rings. The molecule has 1 atom stereocenters. The first-order valence-corrected chi connectivity index (χ1v) is 5.09. The van der Waals surface area contributed by atoms with Gasteiger partial charge in [0.25, 0.3) is 0 Å². The Labute approximate surface area is 85.9 Å². The Kier molecular flexibility index (Phi) is 5.72. The van der Waals surface area contributed by atoms with Gasteiger partial charge in [0.15, 0.2) is 0 Å². The first-order valence-electron chi connectivity index (χ1n) is 5.09. The molecule has 0 aromatic carbocycles. The third-order valence-corrected chi connectivity index (χ3v) is 2.36. The van der Waals surface area contributed by atoms with Crippen LogP contribution in [-0.2, 0) is 4.79 Å². The normalized spacial score (nSPS) is 13.8. The van der Waals surface area contributed by atoms with E-state index < -0.39 is 11.6 Å². The molecule has 1 unspecified atom stereocenters. The highest BCUT2D eigenvalue weighted by Crippen LogP contribution is 2.08. The van der Waals surface area contributed by atoms with Crippen LogP contribution in [0.15, 0.2) is 0 Å². The summed E-state index contributed by atoms with van der Waals surface area (Å²) in [6.45, 7) is 5.89. The molecule has 0 aliphatic heterocycles. The van der Waals surface area contributed by atoms with Gasteiger partial charge in [-0.15, -0.1) is 0 Å². The van der Waals surface area contributed by atoms with Crippen LogP contribution in [0.3, 0.4) is 0 Å². The van der Waals surface area contributed by atoms with E-state index in [0.29, 0.717) is 13.0 Å². The number of hydrogen-bond acceptors (Lipinski definition) is 3. The van der Waals surface area contributed by atoms with E-state index in [1.54, 1.807) is 20.8 Å². The van der Waals surface area contributed by atoms with E-state index in [2.05, 4.69) is 5.32 Å². The van der Waals surface area contributed by atoms with Crippen LogP contribution in [-0.4, -0.2) is 29.2 Å². The summed E-state index contributed by atoms with van der Waals surface area (Å²) in [7, 11) is 0. The predicted molar refractivity (Wildman–Crippen MR) is 56.8 cm³/mol. The summed E-state index contributed by atoms with van der Waals surface area (Å²) in [6.07, 6.45) is 1.59. The molecule has 14 heavy (non-hydrogen) atoms. The van der Waals surface area contributed by atoms with E-state index in [4.69, 9.17) is 5.73 Å². The van der Waals surface area contributed by atoms with Crippen LogP contribution in [0.2, 0.25) is 0 Å². The lowest BCUT2D eigenvalue weighted by Crippen LogP contribution is -2.50. The van der Waals surface area contributed by atoms with Crippen molar-refractivity contribution in [3.8, 4) is 0 Å². The fourth-order valence-corrected chi connectivity index (χ4v) is 0.956. The summed E-state index contributed by atoms with van der Waals surface area (Å²) in [4.78, 5) is 11.4. The molecule has 4 N–H and O–H groups in total. The molecule has 1 amide bonds. The zero-order chi connectivity index (χ0) is 11.2. The Bertz CT molecular complexity index is 179. The van der Waals surface area contributed by atoms with Crippen molar-refractivity contribution in [2.45, 2.75) is 51.7 Å². The van der Waals surface area contributed by atoms with Crippen molar-refractivity contribution in [1.82, 2.24) is 5.32 Å². The fraction of sp³-hybridized carbons (Fsp3) is 0.900. The highest BCUT2D eigenvalue weighted by Gasteiger charge is 2.25. The van der Waals surface area contributed by atoms with Gasteiger partial charge in [-0.2, -0.15) is 0 Å². The summed E-state index contributed by atoms with van der Waals surface area (Å²) < 4.78 is 0. The molecular weight excluding hydrogens is 180 g/mol. The van der Waals surface area contributed by atoms with Crippen molar-refractivity contribution in [1.29, 1.82) is 0 Å². The van der Waals surface area contributed by atoms with Crippen molar-refractivity contribution in [2.24, 2.45) is 5.73 Å². The Hall–Kier alpha value is -0.610. The van der Waals surface area contributed by atoms with E-state index in [1.807, 2.05) is 0 Å². The smallest absolute Gasteiger partial charge is 0.220 e. The first-order chi connectivity index (χ1) is 6.40. The maximum Gasteiger partial charge on any atom is 0.220 e. The summed E-state index contributed by atoms with van der Waals surface area (Å²) in [5.74, 6) is -0.0237. The molecule has 0 rings (SSSR count). The molecule has 0 radical (unpaired) electrons. The van der Waals surface area contributed by atoms with Crippen molar-refractivity contribution in [3.05, 3.63) is 0 Å². The Morgan fingerprint density at radius 3 is 2.50 bits per heavy atom. The van der Waals surface area contributed by atoms with Gasteiger partial charge in [-0.05, 0) is 40.2 Å². The van der Waals surface area contributed by atoms with Gasteiger partial charge >= 0.3 is 0 Å². The number of nitrogens with one attached hydrogen (secondary N) is 1. The van der Waals surface area contributed by atoms with Gasteiger partial charge in [0.05, 0.1) is 11.6 Å². The number of nitrogens with two attached hydrogens (primary N) is 1. The van der Waals surface area contributed by atoms with Crippen LogP contribution >= 0.6 is 0 Å². The summed E-state index contributed by atoms with van der Waals surface area (Å²) >= 11 is 0. The van der Waals surface area contributed by atoms with Gasteiger partial charge in [-0.3, -0.25) is 4.79 Å². The topological polar surface area (TPSA) is 75.3 Å². The predicted octanol–water partition coefficient (Wildman–Crippen LogP) is 0.391. The molecular formula is C10H22N2O2. The van der Waals surface area contributed by atoms with E-state index in [-0.39, 0.29) is 5.91 Å². The van der Waals surface area contributed by atoms with Gasteiger partial charge in [0.2, 0.25) is 5.91 Å². The SMILES string of the molecule is CC(O)C(C)(C)NC(=O)CCCCN. The second-order valence-corrected chi connectivity index (χ2v) is 4.19. The lowest BCUT2D eigenvalue weighted by molar-refractivity contribution is -0.124. The van der Waals surface area contributed by atoms with Gasteiger partial charge in [-0.25, -0.2) is 0 Å². The molecule has 84 valence electrons. The minimum Gasteiger partial charge on any atom is -0.391 e. The lowest BCUT2D eigenvalue weighted by atomic mass is 9.98. The maximum atomic E-state index is 11.4. The molecule has 0 bridgehead atoms. The number of carbonyl (C=O) groups excluding carboxylic acids is 1. The second-order valence-electron chi connectivity index (χ2n) is 4.19. The van der Waals surface area contributed by atoms with E-state index in [9.17, 15) is 9.90 Å². The van der Waals surface area contributed by atoms with Crippen LogP contribution in [0.1, 0.15) is 40.0 Å². The van der Waals surface area contributed by atoms with E-state index in [1.165, 1.54) is 0 Å². The van der Waals surface area contributed by atoms with Crippen LogP contribution < -0.4 is 11.1 Å². The maximum absolute atomic E-state index is 11.4. The van der Waals surface area contributed by atoms with Crippen molar-refractivity contribution in [3.63, 3.8) is 0 Å². The summed E-state index contributed by atoms with van der Waals surface area (Å²) in [5.41, 5.74) is 4.76. The minimum atomic E-state index is -0.556. The summed E-state index contributed by atoms with van der Waals surface area (Å²) in [5, 5.41) is 12.2. The molecule has 0 saturated carbocycles. The Morgan fingerprint density at radius 1 is 1.50 bits per heavy atom. The number of hydrogen-bond donors (Lipinski definition) is 3. The second kappa shape index (κ2) is 5.98. The van der Waals surface area contributed by atoms with E-state index >= 15 is 0 Å². The zero-order valence-corrected chi connectivity index (χ0v) is 9.34. The number of aliphatic hydroxyl groups is 1. The number of amides is 1. The van der Waals surface area contributed by atoms with Crippen LogP contribution in [0.5, 0.6) is 0 Å². The molecule has 0 aromatic heterocycles. The first kappa shape index (κ1) is 13.4. The molecule has 0 spiro atoms. The standard InChI is InChI=1S/C10H22N2O2/c1-8(13)10(2,3)12-9(14)6-4-5-7-11/h8,13H,4-7,11H2,1-3H3,(H,12,14). The minimum absolute atomic E-state index is 0.0237. The molecule has 0 aliphatic rings. The molecule has 0 aromatic rings. The lowest BCUT2D eigenvalue weighted by Gasteiger charge is -2.29. The quantitative estimate of drug-likeness (QED) is 0.545. The number of rotatable bonds is 6. The number of carbonyl (C=O) groups is 1. The zero-order valence-electron chi connectivity index (χ0n) is 9.34. The largest absolute Gasteiger partial charge is 0.391 e. The Balaban J connectivity index is 3.82. The average molecular weight is 202 g/mol. The van der Waals surface area contributed by atoms with Crippen LogP contribution in [0.25, 0.3) is 0 Å². The number of unbranched alkanes of at least 4 members (excludes halogenated alkanes) is 1. The third kappa shape index (κ3) is 5.19. The van der Waals surface area contributed by atoms with Crippen molar-refractivity contribution >= 4 is 5.91 Å². The number of aliphatic hydroxyl groups excluding tert-OH is 1. The molecule has 0 saturated heterocycles. The van der Waals surface area contributed by atoms with Crippen LogP contribution in [0, 0.1) is 0 Å². The van der Waals surface area contributed by atoms with Gasteiger partial charge < -0.3 is 16.2 Å². The van der Waals surface area contributed by atoms with Crippen molar-refractivity contribution in [2.75, 3.05) is 6.54 Å². The molecule has 0 aliphatic carbocycles. The van der Waals surface area contributed by atoms with Crippen LogP contribution in [0.4, 0.5) is 0 Å². The molecule has 4 heteroatoms. The van der Waals surface area contributed by atoms with E-state index in [0.717, 1.165) is 12.8 Å².